The lowest BCUT2D eigenvalue weighted by atomic mass is 10.0. The molecule has 0 radical (unpaired) electrons. The molecular formula is C39H69N3O3. The number of carbonyl (C=O) groups is 3. The van der Waals surface area contributed by atoms with Gasteiger partial charge in [-0.25, -0.2) is 0 Å². The molecule has 0 atom stereocenters. The second-order valence-electron chi connectivity index (χ2n) is 13.0. The number of unbranched alkanes of at least 4 members (excludes halogenated alkanes) is 21. The fourth-order valence-electron chi connectivity index (χ4n) is 5.71. The van der Waals surface area contributed by atoms with Crippen LogP contribution in [0.25, 0.3) is 0 Å². The number of carbonyl (C=O) groups excluding carboxylic acids is 3. The summed E-state index contributed by atoms with van der Waals surface area (Å²) in [5.41, 5.74) is 1.10. The van der Waals surface area contributed by atoms with Crippen LogP contribution in [0.15, 0.2) is 18.2 Å². The van der Waals surface area contributed by atoms with Crippen LogP contribution in [0.3, 0.4) is 0 Å². The molecule has 0 aromatic heterocycles. The Morgan fingerprint density at radius 2 is 0.556 bits per heavy atom. The van der Waals surface area contributed by atoms with Gasteiger partial charge >= 0.3 is 0 Å². The number of rotatable bonds is 30. The smallest absolute Gasteiger partial charge is 0.251 e. The molecule has 1 rings (SSSR count). The summed E-state index contributed by atoms with van der Waals surface area (Å²) in [5, 5.41) is 9.03. The van der Waals surface area contributed by atoms with Crippen molar-refractivity contribution in [2.24, 2.45) is 0 Å². The Morgan fingerprint density at radius 1 is 0.356 bits per heavy atom. The van der Waals surface area contributed by atoms with Crippen LogP contribution in [0.2, 0.25) is 0 Å². The van der Waals surface area contributed by atoms with Crippen LogP contribution in [0.1, 0.15) is 206 Å². The summed E-state index contributed by atoms with van der Waals surface area (Å²) in [6.07, 6.45) is 28.9. The van der Waals surface area contributed by atoms with E-state index in [1.165, 1.54) is 116 Å². The Kier molecular flexibility index (Phi) is 26.3. The molecule has 0 fully saturated rings. The molecule has 0 aliphatic carbocycles. The molecule has 0 saturated heterocycles. The third kappa shape index (κ3) is 21.9. The average Bonchev–Trinajstić information content (AvgIpc) is 3.05. The third-order valence-electron chi connectivity index (χ3n) is 8.67. The topological polar surface area (TPSA) is 87.3 Å². The molecule has 6 heteroatoms. The van der Waals surface area contributed by atoms with E-state index in [2.05, 4.69) is 36.7 Å². The highest BCUT2D eigenvalue weighted by Crippen LogP contribution is 2.14. The Labute approximate surface area is 277 Å². The SMILES string of the molecule is CCCCCCCCCCNC(=O)c1cc(C(=O)NCCCCCCCCCC)cc(C(=O)NCCCCCCCCCC)c1. The minimum absolute atomic E-state index is 0.229. The zero-order chi connectivity index (χ0) is 32.8. The average molecular weight is 628 g/mol. The van der Waals surface area contributed by atoms with Gasteiger partial charge in [-0.05, 0) is 37.5 Å². The van der Waals surface area contributed by atoms with Gasteiger partial charge in [-0.2, -0.15) is 0 Å². The highest BCUT2D eigenvalue weighted by molar-refractivity contribution is 6.04. The second-order valence-corrected chi connectivity index (χ2v) is 13.0. The molecule has 1 aromatic rings. The van der Waals surface area contributed by atoms with Crippen molar-refractivity contribution in [3.05, 3.63) is 34.9 Å². The molecule has 0 aliphatic rings. The summed E-state index contributed by atoms with van der Waals surface area (Å²) < 4.78 is 0. The Hall–Kier alpha value is -2.37. The molecule has 0 saturated carbocycles. The van der Waals surface area contributed by atoms with Gasteiger partial charge in [-0.15, -0.1) is 0 Å². The van der Waals surface area contributed by atoms with E-state index in [9.17, 15) is 14.4 Å². The first-order valence-corrected chi connectivity index (χ1v) is 19.0. The Morgan fingerprint density at radius 3 is 0.778 bits per heavy atom. The zero-order valence-corrected chi connectivity index (χ0v) is 29.5. The third-order valence-corrected chi connectivity index (χ3v) is 8.67. The molecule has 45 heavy (non-hydrogen) atoms. The summed E-state index contributed by atoms with van der Waals surface area (Å²) >= 11 is 0. The molecule has 1 aromatic carbocycles. The van der Waals surface area contributed by atoms with Gasteiger partial charge in [-0.3, -0.25) is 14.4 Å². The van der Waals surface area contributed by atoms with Crippen molar-refractivity contribution in [1.29, 1.82) is 0 Å². The highest BCUT2D eigenvalue weighted by Gasteiger charge is 2.16. The maximum absolute atomic E-state index is 13.1. The molecule has 0 spiro atoms. The fourth-order valence-corrected chi connectivity index (χ4v) is 5.71. The molecule has 0 unspecified atom stereocenters. The fraction of sp³-hybridized carbons (Fsp3) is 0.769. The lowest BCUT2D eigenvalue weighted by Crippen LogP contribution is -2.29. The van der Waals surface area contributed by atoms with Crippen molar-refractivity contribution < 1.29 is 14.4 Å². The van der Waals surface area contributed by atoms with Crippen molar-refractivity contribution in [2.45, 2.75) is 175 Å². The summed E-state index contributed by atoms with van der Waals surface area (Å²) in [5.74, 6) is -0.687. The van der Waals surface area contributed by atoms with Crippen molar-refractivity contribution in [1.82, 2.24) is 16.0 Å². The Balaban J connectivity index is 2.63. The van der Waals surface area contributed by atoms with Crippen molar-refractivity contribution in [3.8, 4) is 0 Å². The van der Waals surface area contributed by atoms with Gasteiger partial charge in [0.2, 0.25) is 0 Å². The van der Waals surface area contributed by atoms with Gasteiger partial charge in [-0.1, -0.05) is 156 Å². The van der Waals surface area contributed by atoms with E-state index < -0.39 is 0 Å². The van der Waals surface area contributed by atoms with Crippen molar-refractivity contribution in [3.63, 3.8) is 0 Å². The van der Waals surface area contributed by atoms with Gasteiger partial charge in [0.1, 0.15) is 0 Å². The number of benzene rings is 1. The van der Waals surface area contributed by atoms with Crippen molar-refractivity contribution in [2.75, 3.05) is 19.6 Å². The number of amides is 3. The van der Waals surface area contributed by atoms with Crippen LogP contribution in [0.5, 0.6) is 0 Å². The quantitative estimate of drug-likeness (QED) is 0.0742. The molecular weight excluding hydrogens is 558 g/mol. The first-order valence-electron chi connectivity index (χ1n) is 19.0. The maximum atomic E-state index is 13.1. The molecule has 3 amide bonds. The number of hydrogen-bond acceptors (Lipinski definition) is 3. The van der Waals surface area contributed by atoms with E-state index in [-0.39, 0.29) is 17.7 Å². The monoisotopic (exact) mass is 628 g/mol. The standard InChI is InChI=1S/C39H69N3O3/c1-4-7-10-13-16-19-22-25-28-40-37(43)34-31-35(38(44)41-29-26-23-20-17-14-11-8-5-2)33-36(32-34)39(45)42-30-27-24-21-18-15-12-9-6-3/h31-33H,4-30H2,1-3H3,(H,40,43)(H,41,44)(H,42,45). The predicted molar refractivity (Wildman–Crippen MR) is 191 cm³/mol. The predicted octanol–water partition coefficient (Wildman–Crippen LogP) is 10.3. The van der Waals surface area contributed by atoms with E-state index in [0.717, 1.165) is 38.5 Å². The van der Waals surface area contributed by atoms with Crippen LogP contribution >= 0.6 is 0 Å². The van der Waals surface area contributed by atoms with Gasteiger partial charge in [0.15, 0.2) is 0 Å². The highest BCUT2D eigenvalue weighted by atomic mass is 16.2. The van der Waals surface area contributed by atoms with Gasteiger partial charge in [0.25, 0.3) is 17.7 Å². The van der Waals surface area contributed by atoms with Crippen molar-refractivity contribution >= 4 is 17.7 Å². The summed E-state index contributed by atoms with van der Waals surface area (Å²) in [4.78, 5) is 39.2. The molecule has 3 N–H and O–H groups in total. The lowest BCUT2D eigenvalue weighted by Gasteiger charge is -2.12. The van der Waals surface area contributed by atoms with E-state index >= 15 is 0 Å². The normalized spacial score (nSPS) is 11.0. The molecule has 0 bridgehead atoms. The first-order chi connectivity index (χ1) is 22.0. The van der Waals surface area contributed by atoms with E-state index in [4.69, 9.17) is 0 Å². The minimum Gasteiger partial charge on any atom is -0.352 e. The van der Waals surface area contributed by atoms with Gasteiger partial charge < -0.3 is 16.0 Å². The van der Waals surface area contributed by atoms with Crippen LogP contribution in [0.4, 0.5) is 0 Å². The van der Waals surface area contributed by atoms with Crippen LogP contribution < -0.4 is 16.0 Å². The van der Waals surface area contributed by atoms with Crippen LogP contribution in [-0.4, -0.2) is 37.4 Å². The van der Waals surface area contributed by atoms with E-state index in [1.54, 1.807) is 18.2 Å². The minimum atomic E-state index is -0.229. The lowest BCUT2D eigenvalue weighted by molar-refractivity contribution is 0.0952. The summed E-state index contributed by atoms with van der Waals surface area (Å²) in [6.45, 7) is 8.50. The first kappa shape index (κ1) is 40.7. The van der Waals surface area contributed by atoms with Crippen LogP contribution in [-0.2, 0) is 0 Å². The molecule has 258 valence electrons. The Bertz CT molecular complexity index is 775. The summed E-state index contributed by atoms with van der Waals surface area (Å²) in [6, 6.07) is 4.88. The van der Waals surface area contributed by atoms with Gasteiger partial charge in [0, 0.05) is 36.3 Å². The van der Waals surface area contributed by atoms with E-state index in [0.29, 0.717) is 36.3 Å². The van der Waals surface area contributed by atoms with E-state index in [1.807, 2.05) is 0 Å². The zero-order valence-electron chi connectivity index (χ0n) is 29.5. The maximum Gasteiger partial charge on any atom is 0.251 e. The summed E-state index contributed by atoms with van der Waals surface area (Å²) in [7, 11) is 0. The number of nitrogens with one attached hydrogen (secondary N) is 3. The van der Waals surface area contributed by atoms with Gasteiger partial charge in [0.05, 0.1) is 0 Å². The van der Waals surface area contributed by atoms with Crippen LogP contribution in [0, 0.1) is 0 Å². The molecule has 6 nitrogen and oxygen atoms in total. The molecule has 0 aliphatic heterocycles. The molecule has 0 heterocycles. The second kappa shape index (κ2) is 29.1. The number of hydrogen-bond donors (Lipinski definition) is 3. The largest absolute Gasteiger partial charge is 0.352 e.